The molecule has 0 atom stereocenters. The molecule has 1 saturated heterocycles. The second-order valence-electron chi connectivity index (χ2n) is 9.52. The van der Waals surface area contributed by atoms with Crippen LogP contribution >= 0.6 is 11.3 Å². The molecule has 39 heavy (non-hydrogen) atoms. The third-order valence-corrected chi connectivity index (χ3v) is 7.45. The van der Waals surface area contributed by atoms with Gasteiger partial charge in [0, 0.05) is 29.0 Å². The Labute approximate surface area is 230 Å². The number of carbonyl (C=O) groups excluding carboxylic acids is 2. The minimum absolute atomic E-state index is 0.0493. The Kier molecular flexibility index (Phi) is 7.85. The van der Waals surface area contributed by atoms with Crippen molar-refractivity contribution in [3.63, 3.8) is 0 Å². The summed E-state index contributed by atoms with van der Waals surface area (Å²) in [4.78, 5) is 36.1. The lowest BCUT2D eigenvalue weighted by Gasteiger charge is -2.29. The lowest BCUT2D eigenvalue weighted by Crippen LogP contribution is -2.43. The van der Waals surface area contributed by atoms with Crippen molar-refractivity contribution in [1.29, 1.82) is 0 Å². The molecule has 2 aromatic heterocycles. The Balaban J connectivity index is 1.32. The number of likely N-dealkylation sites (tertiary alicyclic amines) is 1. The first-order valence-corrected chi connectivity index (χ1v) is 13.6. The number of anilines is 3. The largest absolute Gasteiger partial charge is 0.437 e. The van der Waals surface area contributed by atoms with Gasteiger partial charge in [0.2, 0.25) is 17.7 Å². The Bertz CT molecular complexity index is 1530. The number of benzene rings is 2. The van der Waals surface area contributed by atoms with Gasteiger partial charge >= 0.3 is 0 Å². The van der Waals surface area contributed by atoms with E-state index in [1.165, 1.54) is 17.4 Å². The molecule has 1 aliphatic heterocycles. The van der Waals surface area contributed by atoms with Gasteiger partial charge in [0.25, 0.3) is 5.91 Å². The van der Waals surface area contributed by atoms with Gasteiger partial charge in [-0.25, -0.2) is 4.98 Å². The SMILES string of the molecule is C=CC(=O)Nc1cccc(Oc2nc(Nc3ccc(C(=O)NC4CCN(C)CC4)c(C)c3)nc3ccsc23)c1. The molecule has 2 amide bonds. The van der Waals surface area contributed by atoms with Crippen LogP contribution < -0.4 is 20.7 Å². The van der Waals surface area contributed by atoms with Crippen LogP contribution in [0, 0.1) is 6.92 Å². The fraction of sp³-hybridized carbons (Fsp3) is 0.241. The molecule has 0 spiro atoms. The Morgan fingerprint density at radius 3 is 2.69 bits per heavy atom. The summed E-state index contributed by atoms with van der Waals surface area (Å²) in [6.07, 6.45) is 3.13. The Morgan fingerprint density at radius 1 is 1.10 bits per heavy atom. The molecule has 0 aliphatic carbocycles. The number of aryl methyl sites for hydroxylation is 1. The van der Waals surface area contributed by atoms with E-state index in [0.29, 0.717) is 28.8 Å². The van der Waals surface area contributed by atoms with E-state index in [1.54, 1.807) is 24.3 Å². The minimum atomic E-state index is -0.304. The van der Waals surface area contributed by atoms with E-state index < -0.39 is 0 Å². The zero-order chi connectivity index (χ0) is 27.4. The first kappa shape index (κ1) is 26.3. The topological polar surface area (TPSA) is 108 Å². The number of nitrogens with zero attached hydrogens (tertiary/aromatic N) is 3. The molecule has 200 valence electrons. The Hall–Kier alpha value is -4.28. The molecule has 3 heterocycles. The van der Waals surface area contributed by atoms with Gasteiger partial charge in [0.15, 0.2) is 0 Å². The summed E-state index contributed by atoms with van der Waals surface area (Å²) in [5, 5.41) is 11.1. The standard InChI is InChI=1S/C29H30N6O3S/c1-4-25(36)30-20-6-5-7-22(17-20)38-28-26-24(12-15-39-26)33-29(34-28)32-21-8-9-23(18(2)16-21)27(37)31-19-10-13-35(3)14-11-19/h4-9,12,15-17,19H,1,10-11,13-14H2,2-3H3,(H,30,36)(H,31,37)(H,32,33,34). The highest BCUT2D eigenvalue weighted by Gasteiger charge is 2.20. The van der Waals surface area contributed by atoms with E-state index in [0.717, 1.165) is 47.4 Å². The van der Waals surface area contributed by atoms with Crippen molar-refractivity contribution in [3.05, 3.63) is 77.7 Å². The molecule has 1 aliphatic rings. The van der Waals surface area contributed by atoms with Gasteiger partial charge in [0.1, 0.15) is 10.4 Å². The molecule has 0 saturated carbocycles. The van der Waals surface area contributed by atoms with E-state index in [2.05, 4.69) is 44.4 Å². The van der Waals surface area contributed by atoms with Crippen molar-refractivity contribution in [2.45, 2.75) is 25.8 Å². The summed E-state index contributed by atoms with van der Waals surface area (Å²) in [7, 11) is 2.10. The van der Waals surface area contributed by atoms with Crippen LogP contribution in [0.3, 0.4) is 0 Å². The Morgan fingerprint density at radius 2 is 1.92 bits per heavy atom. The number of nitrogens with one attached hydrogen (secondary N) is 3. The van der Waals surface area contributed by atoms with Crippen LogP contribution in [0.5, 0.6) is 11.6 Å². The molecule has 3 N–H and O–H groups in total. The van der Waals surface area contributed by atoms with Crippen LogP contribution in [0.4, 0.5) is 17.3 Å². The van der Waals surface area contributed by atoms with Gasteiger partial charge in [0.05, 0.1) is 5.52 Å². The van der Waals surface area contributed by atoms with Crippen molar-refractivity contribution < 1.29 is 14.3 Å². The number of hydrogen-bond donors (Lipinski definition) is 3. The maximum absolute atomic E-state index is 12.9. The average molecular weight is 543 g/mol. The normalized spacial score (nSPS) is 14.1. The third kappa shape index (κ3) is 6.42. The minimum Gasteiger partial charge on any atom is -0.437 e. The number of amides is 2. The summed E-state index contributed by atoms with van der Waals surface area (Å²) in [6, 6.07) is 14.8. The number of aromatic nitrogens is 2. The molecule has 2 aromatic carbocycles. The highest BCUT2D eigenvalue weighted by Crippen LogP contribution is 2.34. The number of carbonyl (C=O) groups is 2. The van der Waals surface area contributed by atoms with Crippen molar-refractivity contribution in [3.8, 4) is 11.6 Å². The van der Waals surface area contributed by atoms with E-state index >= 15 is 0 Å². The highest BCUT2D eigenvalue weighted by molar-refractivity contribution is 7.17. The predicted molar refractivity (Wildman–Crippen MR) is 155 cm³/mol. The fourth-order valence-electron chi connectivity index (χ4n) is 4.45. The fourth-order valence-corrected chi connectivity index (χ4v) is 5.20. The first-order chi connectivity index (χ1) is 18.9. The monoisotopic (exact) mass is 542 g/mol. The van der Waals surface area contributed by atoms with Crippen molar-refractivity contribution in [1.82, 2.24) is 20.2 Å². The van der Waals surface area contributed by atoms with E-state index in [-0.39, 0.29) is 17.9 Å². The van der Waals surface area contributed by atoms with Crippen LogP contribution in [0.2, 0.25) is 0 Å². The van der Waals surface area contributed by atoms with Crippen molar-refractivity contribution in [2.24, 2.45) is 0 Å². The maximum atomic E-state index is 12.9. The molecule has 10 heteroatoms. The van der Waals surface area contributed by atoms with E-state index in [1.807, 2.05) is 36.6 Å². The van der Waals surface area contributed by atoms with Crippen LogP contribution in [0.1, 0.15) is 28.8 Å². The number of ether oxygens (including phenoxy) is 1. The summed E-state index contributed by atoms with van der Waals surface area (Å²) in [5.41, 5.74) is 3.60. The molecule has 4 aromatic rings. The molecule has 1 fully saturated rings. The second-order valence-corrected chi connectivity index (χ2v) is 10.4. The van der Waals surface area contributed by atoms with Gasteiger partial charge in [-0.05, 0) is 93.3 Å². The lowest BCUT2D eigenvalue weighted by molar-refractivity contribution is -0.111. The average Bonchev–Trinajstić information content (AvgIpc) is 3.39. The lowest BCUT2D eigenvalue weighted by atomic mass is 10.0. The van der Waals surface area contributed by atoms with E-state index in [4.69, 9.17) is 4.74 Å². The number of fused-ring (bicyclic) bond motifs is 1. The second kappa shape index (κ2) is 11.6. The van der Waals surface area contributed by atoms with E-state index in [9.17, 15) is 9.59 Å². The molecular weight excluding hydrogens is 512 g/mol. The van der Waals surface area contributed by atoms with Gasteiger partial charge in [-0.2, -0.15) is 4.98 Å². The summed E-state index contributed by atoms with van der Waals surface area (Å²) in [5.74, 6) is 0.936. The van der Waals surface area contributed by atoms with Crippen LogP contribution in [0.15, 0.2) is 66.6 Å². The maximum Gasteiger partial charge on any atom is 0.251 e. The van der Waals surface area contributed by atoms with Crippen molar-refractivity contribution in [2.75, 3.05) is 30.8 Å². The van der Waals surface area contributed by atoms with Crippen molar-refractivity contribution >= 4 is 50.7 Å². The van der Waals surface area contributed by atoms with Crippen LogP contribution in [-0.4, -0.2) is 52.9 Å². The number of thiophene rings is 1. The van der Waals surface area contributed by atoms with Gasteiger partial charge in [-0.15, -0.1) is 11.3 Å². The number of hydrogen-bond acceptors (Lipinski definition) is 8. The number of rotatable bonds is 8. The molecule has 0 radical (unpaired) electrons. The van der Waals surface area contributed by atoms with Gasteiger partial charge in [-0.3, -0.25) is 9.59 Å². The first-order valence-electron chi connectivity index (χ1n) is 12.7. The van der Waals surface area contributed by atoms with Crippen LogP contribution in [-0.2, 0) is 4.79 Å². The molecular formula is C29H30N6O3S. The number of piperidine rings is 1. The third-order valence-electron chi connectivity index (χ3n) is 6.55. The zero-order valence-corrected chi connectivity index (χ0v) is 22.7. The molecule has 5 rings (SSSR count). The van der Waals surface area contributed by atoms with Gasteiger partial charge < -0.3 is 25.6 Å². The molecule has 9 nitrogen and oxygen atoms in total. The smallest absolute Gasteiger partial charge is 0.251 e. The van der Waals surface area contributed by atoms with Crippen LogP contribution in [0.25, 0.3) is 10.2 Å². The quantitative estimate of drug-likeness (QED) is 0.253. The molecule has 0 bridgehead atoms. The summed E-state index contributed by atoms with van der Waals surface area (Å²) >= 11 is 1.48. The highest BCUT2D eigenvalue weighted by atomic mass is 32.1. The van der Waals surface area contributed by atoms with Gasteiger partial charge in [-0.1, -0.05) is 12.6 Å². The summed E-state index contributed by atoms with van der Waals surface area (Å²) < 4.78 is 6.93. The summed E-state index contributed by atoms with van der Waals surface area (Å²) in [6.45, 7) is 7.38. The zero-order valence-electron chi connectivity index (χ0n) is 21.9. The predicted octanol–water partition coefficient (Wildman–Crippen LogP) is 5.48. The molecule has 0 unspecified atom stereocenters.